The van der Waals surface area contributed by atoms with Crippen LogP contribution in [-0.2, 0) is 0 Å². The van der Waals surface area contributed by atoms with Gasteiger partial charge >= 0.3 is 0 Å². The van der Waals surface area contributed by atoms with E-state index >= 15 is 0 Å². The van der Waals surface area contributed by atoms with Crippen molar-refractivity contribution in [3.8, 4) is 0 Å². The highest BCUT2D eigenvalue weighted by molar-refractivity contribution is 4.84. The van der Waals surface area contributed by atoms with Crippen molar-refractivity contribution in [2.24, 2.45) is 17.8 Å². The summed E-state index contributed by atoms with van der Waals surface area (Å²) in [5.74, 6) is 2.60. The van der Waals surface area contributed by atoms with Gasteiger partial charge in [0.1, 0.15) is 0 Å². The molecule has 2 rings (SSSR count). The molecule has 1 aliphatic heterocycles. The average molecular weight is 295 g/mol. The predicted molar refractivity (Wildman–Crippen MR) is 92.6 cm³/mol. The van der Waals surface area contributed by atoms with Crippen molar-refractivity contribution in [2.45, 2.75) is 84.7 Å². The van der Waals surface area contributed by atoms with Crippen LogP contribution in [0.1, 0.15) is 72.6 Å². The highest BCUT2D eigenvalue weighted by Gasteiger charge is 2.27. The topological polar surface area (TPSA) is 15.3 Å². The zero-order chi connectivity index (χ0) is 15.2. The molecule has 2 fully saturated rings. The summed E-state index contributed by atoms with van der Waals surface area (Å²) in [5.41, 5.74) is 0. The quantitative estimate of drug-likeness (QED) is 0.753. The van der Waals surface area contributed by atoms with Gasteiger partial charge in [-0.2, -0.15) is 0 Å². The van der Waals surface area contributed by atoms with Crippen LogP contribution in [0.4, 0.5) is 0 Å². The molecule has 0 radical (unpaired) electrons. The van der Waals surface area contributed by atoms with Crippen molar-refractivity contribution >= 4 is 0 Å². The smallest absolute Gasteiger partial charge is 0.0243 e. The zero-order valence-electron chi connectivity index (χ0n) is 14.9. The first-order valence-electron chi connectivity index (χ1n) is 9.53. The van der Waals surface area contributed by atoms with Gasteiger partial charge in [0, 0.05) is 18.6 Å². The number of likely N-dealkylation sites (tertiary alicyclic amines) is 1. The van der Waals surface area contributed by atoms with E-state index in [0.717, 1.165) is 29.8 Å². The predicted octanol–water partition coefficient (Wildman–Crippen LogP) is 4.30. The van der Waals surface area contributed by atoms with Gasteiger partial charge in [-0.15, -0.1) is 0 Å². The maximum Gasteiger partial charge on any atom is 0.0243 e. The van der Waals surface area contributed by atoms with Crippen LogP contribution >= 0.6 is 0 Å². The van der Waals surface area contributed by atoms with E-state index in [4.69, 9.17) is 0 Å². The molecule has 0 amide bonds. The normalized spacial score (nSPS) is 29.4. The molecular formula is C19H38N2. The molecule has 0 bridgehead atoms. The fraction of sp³-hybridized carbons (Fsp3) is 1.00. The molecule has 124 valence electrons. The van der Waals surface area contributed by atoms with Crippen LogP contribution < -0.4 is 5.32 Å². The summed E-state index contributed by atoms with van der Waals surface area (Å²) in [7, 11) is 0. The molecule has 3 unspecified atom stereocenters. The van der Waals surface area contributed by atoms with Gasteiger partial charge in [0.05, 0.1) is 0 Å². The molecule has 0 aromatic carbocycles. The lowest BCUT2D eigenvalue weighted by atomic mass is 9.81. The van der Waals surface area contributed by atoms with Gasteiger partial charge in [0.15, 0.2) is 0 Å². The first-order chi connectivity index (χ1) is 10.1. The lowest BCUT2D eigenvalue weighted by Crippen LogP contribution is -2.47. The Morgan fingerprint density at radius 3 is 2.33 bits per heavy atom. The molecule has 0 spiro atoms. The maximum absolute atomic E-state index is 3.94. The monoisotopic (exact) mass is 294 g/mol. The Morgan fingerprint density at radius 1 is 1.00 bits per heavy atom. The number of hydrogen-bond donors (Lipinski definition) is 1. The summed E-state index contributed by atoms with van der Waals surface area (Å²) in [4.78, 5) is 2.73. The van der Waals surface area contributed by atoms with Crippen LogP contribution in [0.3, 0.4) is 0 Å². The van der Waals surface area contributed by atoms with E-state index in [1.54, 1.807) is 0 Å². The average Bonchev–Trinajstić information content (AvgIpc) is 2.92. The fourth-order valence-corrected chi connectivity index (χ4v) is 4.50. The van der Waals surface area contributed by atoms with Crippen LogP contribution in [0, 0.1) is 17.8 Å². The second-order valence-corrected chi connectivity index (χ2v) is 8.32. The second-order valence-electron chi connectivity index (χ2n) is 8.32. The molecule has 1 saturated carbocycles. The largest absolute Gasteiger partial charge is 0.312 e. The van der Waals surface area contributed by atoms with Crippen molar-refractivity contribution in [2.75, 3.05) is 19.6 Å². The number of nitrogens with one attached hydrogen (secondary N) is 1. The summed E-state index contributed by atoms with van der Waals surface area (Å²) >= 11 is 0. The summed E-state index contributed by atoms with van der Waals surface area (Å²) in [5, 5.41) is 3.94. The van der Waals surface area contributed by atoms with Crippen molar-refractivity contribution < 1.29 is 0 Å². The van der Waals surface area contributed by atoms with Gasteiger partial charge in [-0.1, -0.05) is 40.5 Å². The van der Waals surface area contributed by atoms with Crippen molar-refractivity contribution in [3.05, 3.63) is 0 Å². The van der Waals surface area contributed by atoms with Gasteiger partial charge in [0.25, 0.3) is 0 Å². The molecule has 21 heavy (non-hydrogen) atoms. The molecular weight excluding hydrogens is 256 g/mol. The maximum atomic E-state index is 3.94. The van der Waals surface area contributed by atoms with E-state index in [1.165, 1.54) is 64.6 Å². The van der Waals surface area contributed by atoms with E-state index in [-0.39, 0.29) is 0 Å². The number of nitrogens with zero attached hydrogens (tertiary/aromatic N) is 1. The summed E-state index contributed by atoms with van der Waals surface area (Å²) < 4.78 is 0. The fourth-order valence-electron chi connectivity index (χ4n) is 4.50. The molecule has 1 aliphatic carbocycles. The number of rotatable bonds is 7. The Morgan fingerprint density at radius 2 is 1.71 bits per heavy atom. The van der Waals surface area contributed by atoms with Crippen LogP contribution in [0.2, 0.25) is 0 Å². The Hall–Kier alpha value is -0.0800. The Balaban J connectivity index is 1.77. The molecule has 1 heterocycles. The molecule has 0 aromatic rings. The Bertz CT molecular complexity index is 281. The molecule has 1 saturated heterocycles. The van der Waals surface area contributed by atoms with Crippen LogP contribution in [-0.4, -0.2) is 36.6 Å². The van der Waals surface area contributed by atoms with Crippen LogP contribution in [0.5, 0.6) is 0 Å². The molecule has 2 aliphatic rings. The van der Waals surface area contributed by atoms with Crippen LogP contribution in [0.25, 0.3) is 0 Å². The SMILES string of the molecule is CC(C)CC1CCCC(NCC(C(C)C)N2CCCC2)C1. The second kappa shape index (κ2) is 8.53. The molecule has 0 aromatic heterocycles. The number of hydrogen-bond acceptors (Lipinski definition) is 2. The summed E-state index contributed by atoms with van der Waals surface area (Å²) in [6, 6.07) is 1.53. The lowest BCUT2D eigenvalue weighted by Gasteiger charge is -2.35. The minimum absolute atomic E-state index is 0.748. The van der Waals surface area contributed by atoms with E-state index in [1.807, 2.05) is 0 Å². The Labute approximate surface area is 133 Å². The highest BCUT2D eigenvalue weighted by Crippen LogP contribution is 2.29. The minimum atomic E-state index is 0.748. The molecule has 2 nitrogen and oxygen atoms in total. The summed E-state index contributed by atoms with van der Waals surface area (Å²) in [6.45, 7) is 13.4. The highest BCUT2D eigenvalue weighted by atomic mass is 15.2. The third-order valence-electron chi connectivity index (χ3n) is 5.58. The van der Waals surface area contributed by atoms with Gasteiger partial charge in [-0.05, 0) is 62.9 Å². The zero-order valence-corrected chi connectivity index (χ0v) is 14.9. The molecule has 2 heteroatoms. The van der Waals surface area contributed by atoms with Crippen molar-refractivity contribution in [1.82, 2.24) is 10.2 Å². The molecule has 1 N–H and O–H groups in total. The Kier molecular flexibility index (Phi) is 7.01. The third-order valence-corrected chi connectivity index (χ3v) is 5.58. The van der Waals surface area contributed by atoms with Gasteiger partial charge < -0.3 is 5.32 Å². The first kappa shape index (κ1) is 17.3. The van der Waals surface area contributed by atoms with E-state index in [2.05, 4.69) is 37.9 Å². The van der Waals surface area contributed by atoms with E-state index in [9.17, 15) is 0 Å². The van der Waals surface area contributed by atoms with Crippen molar-refractivity contribution in [3.63, 3.8) is 0 Å². The van der Waals surface area contributed by atoms with E-state index < -0.39 is 0 Å². The van der Waals surface area contributed by atoms with Gasteiger partial charge in [-0.25, -0.2) is 0 Å². The third kappa shape index (κ3) is 5.56. The van der Waals surface area contributed by atoms with Crippen molar-refractivity contribution in [1.29, 1.82) is 0 Å². The molecule has 3 atom stereocenters. The standard InChI is InChI=1S/C19H38N2/c1-15(2)12-17-8-7-9-18(13-17)20-14-19(16(3)4)21-10-5-6-11-21/h15-20H,5-14H2,1-4H3. The van der Waals surface area contributed by atoms with Crippen LogP contribution in [0.15, 0.2) is 0 Å². The van der Waals surface area contributed by atoms with Gasteiger partial charge in [0.2, 0.25) is 0 Å². The van der Waals surface area contributed by atoms with E-state index in [0.29, 0.717) is 0 Å². The minimum Gasteiger partial charge on any atom is -0.312 e. The summed E-state index contributed by atoms with van der Waals surface area (Å²) in [6.07, 6.45) is 9.97. The first-order valence-corrected chi connectivity index (χ1v) is 9.53. The lowest BCUT2D eigenvalue weighted by molar-refractivity contribution is 0.170. The van der Waals surface area contributed by atoms with Gasteiger partial charge in [-0.3, -0.25) is 4.90 Å².